The molecule has 1 fully saturated rings. The largest absolute Gasteiger partial charge is 0.382 e. The Morgan fingerprint density at radius 1 is 1.16 bits per heavy atom. The number of rotatable bonds is 4. The molecular weight excluding hydrogens is 319 g/mol. The van der Waals surface area contributed by atoms with E-state index in [0.29, 0.717) is 17.7 Å². The molecule has 2 aliphatic rings. The van der Waals surface area contributed by atoms with Crippen LogP contribution in [0.3, 0.4) is 0 Å². The van der Waals surface area contributed by atoms with Crippen molar-refractivity contribution in [2.45, 2.75) is 37.3 Å². The second kappa shape index (κ2) is 6.31. The highest BCUT2D eigenvalue weighted by molar-refractivity contribution is 6.04. The molecule has 5 heteroatoms. The molecule has 0 spiro atoms. The van der Waals surface area contributed by atoms with E-state index < -0.39 is 6.10 Å². The van der Waals surface area contributed by atoms with Gasteiger partial charge in [0.2, 0.25) is 6.10 Å². The molecule has 1 heterocycles. The molecule has 0 unspecified atom stereocenters. The van der Waals surface area contributed by atoms with Gasteiger partial charge in [0.1, 0.15) is 5.82 Å². The summed E-state index contributed by atoms with van der Waals surface area (Å²) < 4.78 is 13.4. The SMILES string of the molecule is O=C(NC1(c2ccccc2)CCC1)[C@H]1CC(c2cccc(F)c2)=NO1. The van der Waals surface area contributed by atoms with Gasteiger partial charge in [0.05, 0.1) is 11.3 Å². The molecule has 2 aromatic carbocycles. The van der Waals surface area contributed by atoms with Crippen LogP contribution in [0.2, 0.25) is 0 Å². The topological polar surface area (TPSA) is 50.7 Å². The molecule has 1 atom stereocenters. The van der Waals surface area contributed by atoms with Crippen molar-refractivity contribution in [2.75, 3.05) is 0 Å². The molecule has 0 bridgehead atoms. The van der Waals surface area contributed by atoms with Gasteiger partial charge < -0.3 is 10.2 Å². The van der Waals surface area contributed by atoms with E-state index in [1.165, 1.54) is 12.1 Å². The summed E-state index contributed by atoms with van der Waals surface area (Å²) in [7, 11) is 0. The van der Waals surface area contributed by atoms with E-state index in [9.17, 15) is 9.18 Å². The zero-order valence-corrected chi connectivity index (χ0v) is 13.7. The van der Waals surface area contributed by atoms with E-state index in [4.69, 9.17) is 4.84 Å². The quantitative estimate of drug-likeness (QED) is 0.927. The Labute approximate surface area is 145 Å². The first-order chi connectivity index (χ1) is 12.2. The predicted molar refractivity (Wildman–Crippen MR) is 92.5 cm³/mol. The minimum absolute atomic E-state index is 0.168. The minimum atomic E-state index is -0.667. The van der Waals surface area contributed by atoms with Crippen LogP contribution in [-0.4, -0.2) is 17.7 Å². The zero-order chi connectivity index (χ0) is 17.3. The van der Waals surface area contributed by atoms with Crippen LogP contribution in [0.25, 0.3) is 0 Å². The Morgan fingerprint density at radius 2 is 1.96 bits per heavy atom. The van der Waals surface area contributed by atoms with Crippen molar-refractivity contribution in [3.8, 4) is 0 Å². The summed E-state index contributed by atoms with van der Waals surface area (Å²) >= 11 is 0. The number of hydrogen-bond donors (Lipinski definition) is 1. The van der Waals surface area contributed by atoms with Gasteiger partial charge in [0, 0.05) is 12.0 Å². The van der Waals surface area contributed by atoms with Crippen LogP contribution in [0.5, 0.6) is 0 Å². The van der Waals surface area contributed by atoms with Crippen molar-refractivity contribution < 1.29 is 14.0 Å². The first kappa shape index (κ1) is 15.8. The average molecular weight is 338 g/mol. The molecule has 1 amide bonds. The molecule has 1 N–H and O–H groups in total. The van der Waals surface area contributed by atoms with Gasteiger partial charge in [-0.3, -0.25) is 4.79 Å². The lowest BCUT2D eigenvalue weighted by Crippen LogP contribution is -2.53. The molecule has 2 aromatic rings. The number of halogens is 1. The molecule has 25 heavy (non-hydrogen) atoms. The number of benzene rings is 2. The van der Waals surface area contributed by atoms with Crippen LogP contribution in [0.4, 0.5) is 4.39 Å². The number of nitrogens with zero attached hydrogens (tertiary/aromatic N) is 1. The summed E-state index contributed by atoms with van der Waals surface area (Å²) in [5.41, 5.74) is 2.07. The van der Waals surface area contributed by atoms with Gasteiger partial charge in [0.25, 0.3) is 5.91 Å². The smallest absolute Gasteiger partial charge is 0.265 e. The molecule has 1 aliphatic heterocycles. The van der Waals surface area contributed by atoms with Crippen molar-refractivity contribution >= 4 is 11.6 Å². The molecule has 1 saturated carbocycles. The molecule has 0 aromatic heterocycles. The average Bonchev–Trinajstić information content (AvgIpc) is 3.09. The number of carbonyl (C=O) groups excluding carboxylic acids is 1. The van der Waals surface area contributed by atoms with Gasteiger partial charge in [-0.25, -0.2) is 4.39 Å². The fourth-order valence-electron chi connectivity index (χ4n) is 3.45. The second-order valence-corrected chi connectivity index (χ2v) is 6.64. The number of carbonyl (C=O) groups is 1. The van der Waals surface area contributed by atoms with Crippen LogP contribution < -0.4 is 5.32 Å². The Morgan fingerprint density at radius 3 is 2.64 bits per heavy atom. The van der Waals surface area contributed by atoms with Crippen LogP contribution in [0.15, 0.2) is 59.8 Å². The fraction of sp³-hybridized carbons (Fsp3) is 0.300. The predicted octanol–water partition coefficient (Wildman–Crippen LogP) is 3.51. The summed E-state index contributed by atoms with van der Waals surface area (Å²) in [5.74, 6) is -0.496. The summed E-state index contributed by atoms with van der Waals surface area (Å²) in [6.07, 6.45) is 2.62. The molecule has 4 nitrogen and oxygen atoms in total. The van der Waals surface area contributed by atoms with Crippen molar-refractivity contribution in [1.82, 2.24) is 5.32 Å². The van der Waals surface area contributed by atoms with Crippen LogP contribution >= 0.6 is 0 Å². The van der Waals surface area contributed by atoms with E-state index in [1.54, 1.807) is 12.1 Å². The molecule has 0 radical (unpaired) electrons. The normalized spacial score (nSPS) is 21.0. The third kappa shape index (κ3) is 3.02. The van der Waals surface area contributed by atoms with E-state index in [2.05, 4.69) is 10.5 Å². The monoisotopic (exact) mass is 338 g/mol. The third-order valence-electron chi connectivity index (χ3n) is 5.02. The van der Waals surface area contributed by atoms with Crippen LogP contribution in [0.1, 0.15) is 36.8 Å². The summed E-state index contributed by atoms with van der Waals surface area (Å²) in [4.78, 5) is 18.0. The van der Waals surface area contributed by atoms with Gasteiger partial charge in [-0.1, -0.05) is 47.6 Å². The van der Waals surface area contributed by atoms with Gasteiger partial charge >= 0.3 is 0 Å². The van der Waals surface area contributed by atoms with Crippen LogP contribution in [0, 0.1) is 5.82 Å². The highest BCUT2D eigenvalue weighted by atomic mass is 19.1. The van der Waals surface area contributed by atoms with E-state index in [1.807, 2.05) is 30.3 Å². The van der Waals surface area contributed by atoms with E-state index >= 15 is 0 Å². The lowest BCUT2D eigenvalue weighted by Gasteiger charge is -2.43. The van der Waals surface area contributed by atoms with E-state index in [-0.39, 0.29) is 17.3 Å². The Bertz CT molecular complexity index is 815. The maximum absolute atomic E-state index is 13.4. The minimum Gasteiger partial charge on any atom is -0.382 e. The standard InChI is InChI=1S/C20H19FN2O2/c21-16-9-4-6-14(12-16)17-13-18(25-23-17)19(24)22-20(10-5-11-20)15-7-2-1-3-8-15/h1-4,6-9,12,18H,5,10-11,13H2,(H,22,24)/t18-/m1/s1. The van der Waals surface area contributed by atoms with E-state index in [0.717, 1.165) is 24.8 Å². The Hall–Kier alpha value is -2.69. The van der Waals surface area contributed by atoms with Gasteiger partial charge in [-0.2, -0.15) is 0 Å². The third-order valence-corrected chi connectivity index (χ3v) is 5.02. The van der Waals surface area contributed by atoms with Crippen molar-refractivity contribution in [3.05, 3.63) is 71.5 Å². The van der Waals surface area contributed by atoms with Crippen molar-refractivity contribution in [1.29, 1.82) is 0 Å². The van der Waals surface area contributed by atoms with Crippen LogP contribution in [-0.2, 0) is 15.2 Å². The van der Waals surface area contributed by atoms with Gasteiger partial charge in [-0.15, -0.1) is 0 Å². The first-order valence-corrected chi connectivity index (χ1v) is 8.52. The molecule has 4 rings (SSSR count). The lowest BCUT2D eigenvalue weighted by atomic mass is 9.71. The molecular formula is C20H19FN2O2. The first-order valence-electron chi connectivity index (χ1n) is 8.52. The van der Waals surface area contributed by atoms with Crippen molar-refractivity contribution in [2.24, 2.45) is 5.16 Å². The van der Waals surface area contributed by atoms with Gasteiger partial charge in [0.15, 0.2) is 0 Å². The number of amides is 1. The number of hydrogen-bond acceptors (Lipinski definition) is 3. The lowest BCUT2D eigenvalue weighted by molar-refractivity contribution is -0.134. The summed E-state index contributed by atoms with van der Waals surface area (Å²) in [5, 5.41) is 7.15. The highest BCUT2D eigenvalue weighted by Gasteiger charge is 2.42. The summed E-state index contributed by atoms with van der Waals surface area (Å²) in [6, 6.07) is 16.2. The fourth-order valence-corrected chi connectivity index (χ4v) is 3.45. The highest BCUT2D eigenvalue weighted by Crippen LogP contribution is 2.41. The Kier molecular flexibility index (Phi) is 3.99. The maximum atomic E-state index is 13.4. The molecule has 128 valence electrons. The van der Waals surface area contributed by atoms with Crippen molar-refractivity contribution in [3.63, 3.8) is 0 Å². The molecule has 1 aliphatic carbocycles. The maximum Gasteiger partial charge on any atom is 0.265 e. The zero-order valence-electron chi connectivity index (χ0n) is 13.7. The number of oxime groups is 1. The summed E-state index contributed by atoms with van der Waals surface area (Å²) in [6.45, 7) is 0. The van der Waals surface area contributed by atoms with Gasteiger partial charge in [-0.05, 0) is 37.0 Å². The second-order valence-electron chi connectivity index (χ2n) is 6.64. The molecule has 0 saturated heterocycles. The number of nitrogens with one attached hydrogen (secondary N) is 1. The Balaban J connectivity index is 1.44.